The second-order valence-corrected chi connectivity index (χ2v) is 6.27. The van der Waals surface area contributed by atoms with Gasteiger partial charge in [0, 0.05) is 6.54 Å². The number of urea groups is 1. The summed E-state index contributed by atoms with van der Waals surface area (Å²) in [5.41, 5.74) is -1.20. The number of amides is 2. The fourth-order valence-corrected chi connectivity index (χ4v) is 3.38. The number of nitrogens with zero attached hydrogens (tertiary/aromatic N) is 1. The average molecular weight is 298 g/mol. The van der Waals surface area contributed by atoms with Gasteiger partial charge in [-0.05, 0) is 26.2 Å². The summed E-state index contributed by atoms with van der Waals surface area (Å²) in [6, 6.07) is -0.180. The van der Waals surface area contributed by atoms with Crippen LogP contribution in [0.5, 0.6) is 0 Å². The van der Waals surface area contributed by atoms with Crippen molar-refractivity contribution in [3.63, 3.8) is 0 Å². The Morgan fingerprint density at radius 3 is 2.76 bits per heavy atom. The quantitative estimate of drug-likeness (QED) is 0.832. The molecule has 2 aliphatic rings. The van der Waals surface area contributed by atoms with E-state index < -0.39 is 11.5 Å². The molecule has 1 heterocycles. The summed E-state index contributed by atoms with van der Waals surface area (Å²) in [6.45, 7) is 4.57. The van der Waals surface area contributed by atoms with Crippen LogP contribution < -0.4 is 5.32 Å². The zero-order chi connectivity index (χ0) is 15.5. The molecule has 0 aromatic carbocycles. The average Bonchev–Trinajstić information content (AvgIpc) is 2.46. The van der Waals surface area contributed by atoms with Gasteiger partial charge in [0.05, 0.1) is 18.8 Å². The Balaban J connectivity index is 2.05. The number of morpholine rings is 1. The second kappa shape index (κ2) is 6.64. The maximum Gasteiger partial charge on any atom is 0.329 e. The molecule has 3 unspecified atom stereocenters. The minimum atomic E-state index is -1.20. The summed E-state index contributed by atoms with van der Waals surface area (Å²) in [7, 11) is 0. The first kappa shape index (κ1) is 16.1. The highest BCUT2D eigenvalue weighted by Crippen LogP contribution is 2.28. The lowest BCUT2D eigenvalue weighted by molar-refractivity contribution is -0.144. The molecule has 0 radical (unpaired) electrons. The van der Waals surface area contributed by atoms with Gasteiger partial charge in [0.25, 0.3) is 0 Å². The highest BCUT2D eigenvalue weighted by atomic mass is 16.5. The van der Waals surface area contributed by atoms with Gasteiger partial charge in [0.2, 0.25) is 0 Å². The number of carboxylic acid groups (broad SMARTS) is 1. The fraction of sp³-hybridized carbons (Fsp3) is 0.867. The molecule has 6 heteroatoms. The number of fused-ring (bicyclic) bond motifs is 1. The van der Waals surface area contributed by atoms with Gasteiger partial charge in [0.15, 0.2) is 0 Å². The van der Waals surface area contributed by atoms with Crippen molar-refractivity contribution in [2.75, 3.05) is 13.2 Å². The van der Waals surface area contributed by atoms with E-state index in [0.29, 0.717) is 26.0 Å². The SMILES string of the molecule is CCCC(C)(NC(=O)N1CCOC2CCCCC21)C(=O)O. The third-order valence-electron chi connectivity index (χ3n) is 4.60. The molecule has 1 aliphatic carbocycles. The Bertz CT molecular complexity index is 399. The first-order chi connectivity index (χ1) is 9.98. The van der Waals surface area contributed by atoms with E-state index in [1.807, 2.05) is 6.92 Å². The van der Waals surface area contributed by atoms with Gasteiger partial charge >= 0.3 is 12.0 Å². The van der Waals surface area contributed by atoms with E-state index in [4.69, 9.17) is 4.74 Å². The summed E-state index contributed by atoms with van der Waals surface area (Å²) >= 11 is 0. The summed E-state index contributed by atoms with van der Waals surface area (Å²) in [5, 5.41) is 12.1. The third-order valence-corrected chi connectivity index (χ3v) is 4.60. The molecular formula is C15H26N2O4. The summed E-state index contributed by atoms with van der Waals surface area (Å²) in [6.07, 6.45) is 5.40. The van der Waals surface area contributed by atoms with Gasteiger partial charge in [-0.2, -0.15) is 0 Å². The number of aliphatic carboxylic acids is 1. The number of hydrogen-bond acceptors (Lipinski definition) is 3. The Hall–Kier alpha value is -1.30. The number of carbonyl (C=O) groups is 2. The predicted molar refractivity (Wildman–Crippen MR) is 78.2 cm³/mol. The van der Waals surface area contributed by atoms with Crippen LogP contribution in [0.15, 0.2) is 0 Å². The minimum absolute atomic E-state index is 0.0900. The smallest absolute Gasteiger partial charge is 0.329 e. The van der Waals surface area contributed by atoms with Crippen molar-refractivity contribution < 1.29 is 19.4 Å². The van der Waals surface area contributed by atoms with Crippen molar-refractivity contribution >= 4 is 12.0 Å². The molecule has 6 nitrogen and oxygen atoms in total. The van der Waals surface area contributed by atoms with E-state index in [0.717, 1.165) is 25.7 Å². The molecule has 2 rings (SSSR count). The van der Waals surface area contributed by atoms with E-state index in [1.165, 1.54) is 0 Å². The lowest BCUT2D eigenvalue weighted by Gasteiger charge is -2.44. The topological polar surface area (TPSA) is 78.9 Å². The van der Waals surface area contributed by atoms with E-state index in [1.54, 1.807) is 11.8 Å². The first-order valence-corrected chi connectivity index (χ1v) is 7.91. The Morgan fingerprint density at radius 2 is 2.10 bits per heavy atom. The largest absolute Gasteiger partial charge is 0.480 e. The third kappa shape index (κ3) is 3.48. The van der Waals surface area contributed by atoms with Crippen LogP contribution in [0.4, 0.5) is 4.79 Å². The first-order valence-electron chi connectivity index (χ1n) is 7.91. The van der Waals surface area contributed by atoms with Crippen LogP contribution in [0.25, 0.3) is 0 Å². The number of ether oxygens (including phenoxy) is 1. The molecule has 3 atom stereocenters. The normalized spacial score (nSPS) is 28.4. The monoisotopic (exact) mass is 298 g/mol. The van der Waals surface area contributed by atoms with E-state index in [-0.39, 0.29) is 18.2 Å². The Kier molecular flexibility index (Phi) is 5.08. The highest BCUT2D eigenvalue weighted by Gasteiger charge is 2.40. The van der Waals surface area contributed by atoms with Crippen molar-refractivity contribution in [3.05, 3.63) is 0 Å². The maximum absolute atomic E-state index is 12.5. The van der Waals surface area contributed by atoms with Crippen LogP contribution in [0.2, 0.25) is 0 Å². The fourth-order valence-electron chi connectivity index (χ4n) is 3.38. The lowest BCUT2D eigenvalue weighted by Crippen LogP contribution is -2.62. The molecule has 2 N–H and O–H groups in total. The molecule has 0 bridgehead atoms. The van der Waals surface area contributed by atoms with Gasteiger partial charge in [-0.15, -0.1) is 0 Å². The molecule has 120 valence electrons. The van der Waals surface area contributed by atoms with Gasteiger partial charge < -0.3 is 20.1 Å². The van der Waals surface area contributed by atoms with Crippen LogP contribution in [-0.2, 0) is 9.53 Å². The van der Waals surface area contributed by atoms with E-state index in [2.05, 4.69) is 5.32 Å². The minimum Gasteiger partial charge on any atom is -0.480 e. The summed E-state index contributed by atoms with van der Waals surface area (Å²) in [5.74, 6) is -0.980. The van der Waals surface area contributed by atoms with Crippen molar-refractivity contribution in [3.8, 4) is 0 Å². The van der Waals surface area contributed by atoms with Crippen LogP contribution >= 0.6 is 0 Å². The molecule has 2 fully saturated rings. The Morgan fingerprint density at radius 1 is 1.38 bits per heavy atom. The molecule has 2 amide bonds. The number of rotatable bonds is 4. The lowest BCUT2D eigenvalue weighted by atomic mass is 9.90. The van der Waals surface area contributed by atoms with Crippen molar-refractivity contribution in [2.24, 2.45) is 0 Å². The predicted octanol–water partition coefficient (Wildman–Crippen LogP) is 1.98. The number of hydrogen-bond donors (Lipinski definition) is 2. The van der Waals surface area contributed by atoms with Gasteiger partial charge in [-0.3, -0.25) is 0 Å². The van der Waals surface area contributed by atoms with Crippen molar-refractivity contribution in [2.45, 2.75) is 70.1 Å². The number of carboxylic acids is 1. The van der Waals surface area contributed by atoms with Gasteiger partial charge in [-0.1, -0.05) is 26.2 Å². The molecular weight excluding hydrogens is 272 g/mol. The van der Waals surface area contributed by atoms with E-state index in [9.17, 15) is 14.7 Å². The second-order valence-electron chi connectivity index (χ2n) is 6.27. The van der Waals surface area contributed by atoms with Crippen LogP contribution in [0.3, 0.4) is 0 Å². The zero-order valence-electron chi connectivity index (χ0n) is 12.9. The summed E-state index contributed by atoms with van der Waals surface area (Å²) in [4.78, 5) is 25.8. The van der Waals surface area contributed by atoms with E-state index >= 15 is 0 Å². The zero-order valence-corrected chi connectivity index (χ0v) is 12.9. The molecule has 1 saturated heterocycles. The van der Waals surface area contributed by atoms with Crippen molar-refractivity contribution in [1.29, 1.82) is 0 Å². The Labute approximate surface area is 125 Å². The van der Waals surface area contributed by atoms with Crippen LogP contribution in [-0.4, -0.2) is 52.8 Å². The molecule has 0 aromatic rings. The standard InChI is InChI=1S/C15H26N2O4/c1-3-8-15(2,13(18)19)16-14(20)17-9-10-21-12-7-5-4-6-11(12)17/h11-12H,3-10H2,1-2H3,(H,16,20)(H,18,19). The van der Waals surface area contributed by atoms with Crippen LogP contribution in [0, 0.1) is 0 Å². The molecule has 1 saturated carbocycles. The van der Waals surface area contributed by atoms with Gasteiger partial charge in [-0.25, -0.2) is 9.59 Å². The molecule has 0 aromatic heterocycles. The number of nitrogens with one attached hydrogen (secondary N) is 1. The van der Waals surface area contributed by atoms with Gasteiger partial charge in [0.1, 0.15) is 5.54 Å². The molecule has 0 spiro atoms. The number of carbonyl (C=O) groups excluding carboxylic acids is 1. The maximum atomic E-state index is 12.5. The highest BCUT2D eigenvalue weighted by molar-refractivity contribution is 5.86. The molecule has 1 aliphatic heterocycles. The summed E-state index contributed by atoms with van der Waals surface area (Å²) < 4.78 is 5.75. The van der Waals surface area contributed by atoms with Crippen molar-refractivity contribution in [1.82, 2.24) is 10.2 Å². The van der Waals surface area contributed by atoms with Crippen LogP contribution in [0.1, 0.15) is 52.4 Å². The molecule has 21 heavy (non-hydrogen) atoms.